The second-order valence-corrected chi connectivity index (χ2v) is 5.48. The molecule has 7 nitrogen and oxygen atoms in total. The van der Waals surface area contributed by atoms with Gasteiger partial charge in [0.25, 0.3) is 5.69 Å². The fourth-order valence-corrected chi connectivity index (χ4v) is 2.63. The molecule has 1 aromatic carbocycles. The molecule has 0 unspecified atom stereocenters. The van der Waals surface area contributed by atoms with Gasteiger partial charge in [-0.2, -0.15) is 0 Å². The number of anilines is 1. The lowest BCUT2D eigenvalue weighted by Gasteiger charge is -2.28. The van der Waals surface area contributed by atoms with Gasteiger partial charge in [0.15, 0.2) is 0 Å². The number of amides is 2. The normalized spacial score (nSPS) is 16.5. The minimum Gasteiger partial charge on any atom is -0.394 e. The van der Waals surface area contributed by atoms with Crippen LogP contribution in [0.5, 0.6) is 0 Å². The van der Waals surface area contributed by atoms with Crippen molar-refractivity contribution in [2.45, 2.75) is 38.1 Å². The van der Waals surface area contributed by atoms with Gasteiger partial charge in [0, 0.05) is 12.1 Å². The van der Waals surface area contributed by atoms with E-state index in [0.29, 0.717) is 5.69 Å². The van der Waals surface area contributed by atoms with Crippen LogP contribution in [0.15, 0.2) is 18.2 Å². The van der Waals surface area contributed by atoms with Crippen LogP contribution in [-0.2, 0) is 0 Å². The fraction of sp³-hybridized carbons (Fsp3) is 0.500. The van der Waals surface area contributed by atoms with Crippen LogP contribution in [0.3, 0.4) is 0 Å². The summed E-state index contributed by atoms with van der Waals surface area (Å²) in [5, 5.41) is 25.7. The summed E-state index contributed by atoms with van der Waals surface area (Å²) in [6.07, 6.45) is 3.42. The van der Waals surface area contributed by atoms with Crippen molar-refractivity contribution >= 4 is 17.4 Å². The van der Waals surface area contributed by atoms with Gasteiger partial charge >= 0.3 is 6.03 Å². The van der Waals surface area contributed by atoms with E-state index >= 15 is 0 Å². The average Bonchev–Trinajstić information content (AvgIpc) is 2.90. The van der Waals surface area contributed by atoms with Crippen molar-refractivity contribution in [1.82, 2.24) is 5.32 Å². The molecule has 3 N–H and O–H groups in total. The lowest BCUT2D eigenvalue weighted by Crippen LogP contribution is -2.50. The van der Waals surface area contributed by atoms with Crippen LogP contribution in [-0.4, -0.2) is 28.2 Å². The maximum Gasteiger partial charge on any atom is 0.319 e. The largest absolute Gasteiger partial charge is 0.394 e. The van der Waals surface area contributed by atoms with E-state index in [2.05, 4.69) is 10.6 Å². The zero-order valence-electron chi connectivity index (χ0n) is 11.9. The highest BCUT2D eigenvalue weighted by Gasteiger charge is 2.34. The van der Waals surface area contributed by atoms with E-state index in [1.165, 1.54) is 12.1 Å². The Bertz CT molecular complexity index is 553. The average molecular weight is 293 g/mol. The summed E-state index contributed by atoms with van der Waals surface area (Å²) in [5.74, 6) is 0. The first-order valence-electron chi connectivity index (χ1n) is 6.91. The summed E-state index contributed by atoms with van der Waals surface area (Å²) >= 11 is 0. The molecule has 0 saturated heterocycles. The molecule has 21 heavy (non-hydrogen) atoms. The topological polar surface area (TPSA) is 105 Å². The second kappa shape index (κ2) is 6.09. The minimum atomic E-state index is -0.571. The Kier molecular flexibility index (Phi) is 4.42. The Balaban J connectivity index is 2.09. The van der Waals surface area contributed by atoms with Crippen LogP contribution >= 0.6 is 0 Å². The van der Waals surface area contributed by atoms with E-state index in [1.54, 1.807) is 13.0 Å². The standard InChI is InChI=1S/C14H19N3O4/c1-10-4-5-11(17(20)21)8-12(10)15-13(19)16-14(9-18)6-2-3-7-14/h4-5,8,18H,2-3,6-7,9H2,1H3,(H2,15,16,19). The molecule has 1 fully saturated rings. The molecule has 1 aliphatic rings. The summed E-state index contributed by atoms with van der Waals surface area (Å²) in [6, 6.07) is 3.86. The Morgan fingerprint density at radius 3 is 2.67 bits per heavy atom. The first-order chi connectivity index (χ1) is 9.96. The monoisotopic (exact) mass is 293 g/mol. The highest BCUT2D eigenvalue weighted by molar-refractivity contribution is 5.91. The van der Waals surface area contributed by atoms with Gasteiger partial charge in [-0.3, -0.25) is 10.1 Å². The number of rotatable bonds is 4. The van der Waals surface area contributed by atoms with E-state index < -0.39 is 16.5 Å². The maximum atomic E-state index is 12.1. The summed E-state index contributed by atoms with van der Waals surface area (Å²) < 4.78 is 0. The smallest absolute Gasteiger partial charge is 0.319 e. The van der Waals surface area contributed by atoms with Gasteiger partial charge in [-0.15, -0.1) is 0 Å². The molecule has 0 radical (unpaired) electrons. The second-order valence-electron chi connectivity index (χ2n) is 5.48. The highest BCUT2D eigenvalue weighted by Crippen LogP contribution is 2.29. The highest BCUT2D eigenvalue weighted by atomic mass is 16.6. The van der Waals surface area contributed by atoms with Crippen LogP contribution < -0.4 is 10.6 Å². The predicted octanol–water partition coefficient (Wildman–Crippen LogP) is 2.33. The molecule has 7 heteroatoms. The number of hydrogen-bond donors (Lipinski definition) is 3. The van der Waals surface area contributed by atoms with E-state index in [-0.39, 0.29) is 12.3 Å². The molecule has 0 atom stereocenters. The summed E-state index contributed by atoms with van der Waals surface area (Å²) in [4.78, 5) is 22.3. The number of nitro benzene ring substituents is 1. The molecular weight excluding hydrogens is 274 g/mol. The summed E-state index contributed by atoms with van der Waals surface area (Å²) in [6.45, 7) is 1.66. The van der Waals surface area contributed by atoms with Crippen LogP contribution in [0.1, 0.15) is 31.2 Å². The van der Waals surface area contributed by atoms with E-state index in [4.69, 9.17) is 0 Å². The van der Waals surface area contributed by atoms with E-state index in [9.17, 15) is 20.0 Å². The van der Waals surface area contributed by atoms with Crippen LogP contribution in [0.25, 0.3) is 0 Å². The van der Waals surface area contributed by atoms with Crippen molar-refractivity contribution in [3.8, 4) is 0 Å². The number of aliphatic hydroxyl groups excluding tert-OH is 1. The SMILES string of the molecule is Cc1ccc([N+](=O)[O-])cc1NC(=O)NC1(CO)CCCC1. The number of carbonyl (C=O) groups is 1. The molecular formula is C14H19N3O4. The van der Waals surface area contributed by atoms with Crippen molar-refractivity contribution in [1.29, 1.82) is 0 Å². The fourth-order valence-electron chi connectivity index (χ4n) is 2.63. The predicted molar refractivity (Wildman–Crippen MR) is 78.3 cm³/mol. The number of nitro groups is 1. The van der Waals surface area contributed by atoms with E-state index in [1.807, 2.05) is 0 Å². The first-order valence-corrected chi connectivity index (χ1v) is 6.91. The third-order valence-corrected chi connectivity index (χ3v) is 3.92. The molecule has 2 amide bonds. The number of non-ortho nitro benzene ring substituents is 1. The molecule has 1 saturated carbocycles. The van der Waals surface area contributed by atoms with E-state index in [0.717, 1.165) is 31.2 Å². The third-order valence-electron chi connectivity index (χ3n) is 3.92. The molecule has 0 bridgehead atoms. The number of carbonyl (C=O) groups excluding carboxylic acids is 1. The zero-order chi connectivity index (χ0) is 15.5. The van der Waals surface area contributed by atoms with Crippen molar-refractivity contribution < 1.29 is 14.8 Å². The van der Waals surface area contributed by atoms with Gasteiger partial charge in [0.1, 0.15) is 0 Å². The van der Waals surface area contributed by atoms with Gasteiger partial charge in [0.05, 0.1) is 22.8 Å². The van der Waals surface area contributed by atoms with Crippen molar-refractivity contribution in [3.05, 3.63) is 33.9 Å². The molecule has 0 heterocycles. The minimum absolute atomic E-state index is 0.0753. The van der Waals surface area contributed by atoms with Crippen molar-refractivity contribution in [3.63, 3.8) is 0 Å². The van der Waals surface area contributed by atoms with Crippen LogP contribution in [0.4, 0.5) is 16.2 Å². The zero-order valence-corrected chi connectivity index (χ0v) is 11.9. The Morgan fingerprint density at radius 1 is 1.43 bits per heavy atom. The summed E-state index contributed by atoms with van der Waals surface area (Å²) in [5.41, 5.74) is 0.486. The third kappa shape index (κ3) is 3.49. The number of hydrogen-bond acceptors (Lipinski definition) is 4. The van der Waals surface area contributed by atoms with Crippen molar-refractivity contribution in [2.75, 3.05) is 11.9 Å². The lowest BCUT2D eigenvalue weighted by atomic mass is 9.99. The molecule has 1 aliphatic carbocycles. The number of urea groups is 1. The molecule has 1 aromatic rings. The quantitative estimate of drug-likeness (QED) is 0.585. The van der Waals surface area contributed by atoms with Gasteiger partial charge in [-0.1, -0.05) is 18.9 Å². The van der Waals surface area contributed by atoms with Crippen molar-refractivity contribution in [2.24, 2.45) is 0 Å². The van der Waals surface area contributed by atoms with Crippen LogP contribution in [0, 0.1) is 17.0 Å². The number of aryl methyl sites for hydroxylation is 1. The van der Waals surface area contributed by atoms with Gasteiger partial charge in [-0.25, -0.2) is 4.79 Å². The first kappa shape index (κ1) is 15.2. The molecule has 0 aromatic heterocycles. The molecule has 114 valence electrons. The number of aliphatic hydroxyl groups is 1. The summed E-state index contributed by atoms with van der Waals surface area (Å²) in [7, 11) is 0. The molecule has 0 spiro atoms. The van der Waals surface area contributed by atoms with Crippen LogP contribution in [0.2, 0.25) is 0 Å². The lowest BCUT2D eigenvalue weighted by molar-refractivity contribution is -0.384. The molecule has 0 aliphatic heterocycles. The molecule has 2 rings (SSSR count). The number of benzene rings is 1. The van der Waals surface area contributed by atoms with Gasteiger partial charge < -0.3 is 15.7 Å². The Morgan fingerprint density at radius 2 is 2.10 bits per heavy atom. The Hall–Kier alpha value is -2.15. The number of nitrogens with zero attached hydrogens (tertiary/aromatic N) is 1. The maximum absolute atomic E-state index is 12.1. The van der Waals surface area contributed by atoms with Gasteiger partial charge in [0.2, 0.25) is 0 Å². The number of nitrogens with one attached hydrogen (secondary N) is 2. The Labute approximate surface area is 122 Å². The van der Waals surface area contributed by atoms with Gasteiger partial charge in [-0.05, 0) is 25.3 Å².